The van der Waals surface area contributed by atoms with Gasteiger partial charge in [-0.2, -0.15) is 8.42 Å². The van der Waals surface area contributed by atoms with Gasteiger partial charge in [-0.05, 0) is 0 Å². The number of sulfone groups is 2. The first kappa shape index (κ1) is 12.8. The highest BCUT2D eigenvalue weighted by Gasteiger charge is 2.42. The first-order valence-corrected chi connectivity index (χ1v) is 8.12. The van der Waals surface area contributed by atoms with Crippen LogP contribution in [0.5, 0.6) is 0 Å². The van der Waals surface area contributed by atoms with Gasteiger partial charge >= 0.3 is 0 Å². The summed E-state index contributed by atoms with van der Waals surface area (Å²) in [4.78, 5) is 0. The molecule has 0 atom stereocenters. The van der Waals surface area contributed by atoms with Crippen molar-refractivity contribution in [3.8, 4) is 0 Å². The van der Waals surface area contributed by atoms with Crippen LogP contribution in [0.4, 0.5) is 0 Å². The quantitative estimate of drug-likeness (QED) is 0.590. The Morgan fingerprint density at radius 3 is 1.08 bits per heavy atom. The summed E-state index contributed by atoms with van der Waals surface area (Å²) in [6, 6.07) is 0. The van der Waals surface area contributed by atoms with Crippen molar-refractivity contribution in [2.75, 3.05) is 12.5 Å². The van der Waals surface area contributed by atoms with E-state index in [0.29, 0.717) is 12.5 Å². The van der Waals surface area contributed by atoms with Crippen molar-refractivity contribution in [2.45, 2.75) is 3.91 Å². The summed E-state index contributed by atoms with van der Waals surface area (Å²) in [5, 5.41) is 0. The molecule has 0 amide bonds. The molecule has 0 aliphatic carbocycles. The molecule has 0 aromatic rings. The van der Waals surface area contributed by atoms with Gasteiger partial charge in [0.1, 0.15) is 0 Å². The molecular weight excluding hydrogens is 244 g/mol. The fraction of sp³-hybridized carbons (Fsp3) is 1.00. The van der Waals surface area contributed by atoms with Crippen LogP contribution in [0, 0.1) is 0 Å². The van der Waals surface area contributed by atoms with Gasteiger partial charge in [-0.3, -0.25) is 4.55 Å². The van der Waals surface area contributed by atoms with Gasteiger partial charge in [0.15, 0.2) is 19.7 Å². The van der Waals surface area contributed by atoms with Gasteiger partial charge in [-0.1, -0.05) is 0 Å². The Balaban J connectivity index is 5.87. The summed E-state index contributed by atoms with van der Waals surface area (Å²) in [5.41, 5.74) is 0. The molecule has 80 valence electrons. The first-order valence-electron chi connectivity index (χ1n) is 2.71. The third-order valence-corrected chi connectivity index (χ3v) is 8.48. The highest BCUT2D eigenvalue weighted by Crippen LogP contribution is 2.13. The molecule has 0 aliphatic rings. The smallest absolute Gasteiger partial charge is 0.284 e. The second-order valence-electron chi connectivity index (χ2n) is 2.46. The number of rotatable bonds is 3. The zero-order chi connectivity index (χ0) is 11.1. The van der Waals surface area contributed by atoms with Crippen molar-refractivity contribution in [1.29, 1.82) is 0 Å². The molecule has 0 heterocycles. The van der Waals surface area contributed by atoms with Crippen LogP contribution in [0.3, 0.4) is 0 Å². The minimum absolute atomic E-state index is 0.409. The number of hydrogen-bond donors (Lipinski definition) is 1. The Labute approximate surface area is 76.3 Å². The van der Waals surface area contributed by atoms with Crippen molar-refractivity contribution in [2.24, 2.45) is 0 Å². The Kier molecular flexibility index (Phi) is 3.14. The normalized spacial score (nSPS) is 14.8. The van der Waals surface area contributed by atoms with Gasteiger partial charge < -0.3 is 0 Å². The Morgan fingerprint density at radius 1 is 0.846 bits per heavy atom. The second kappa shape index (κ2) is 3.19. The van der Waals surface area contributed by atoms with E-state index in [0.717, 1.165) is 0 Å². The molecule has 0 saturated heterocycles. The minimum Gasteiger partial charge on any atom is -0.284 e. The summed E-state index contributed by atoms with van der Waals surface area (Å²) in [6.45, 7) is 0. The van der Waals surface area contributed by atoms with E-state index in [1.54, 1.807) is 0 Å². The van der Waals surface area contributed by atoms with E-state index in [1.165, 1.54) is 0 Å². The van der Waals surface area contributed by atoms with E-state index >= 15 is 0 Å². The standard InChI is InChI=1S/C3H8O7S3/c1-11(4,5)3(12(2,6)7)13(8,9)10/h3H,1-2H3,(H,8,9,10). The zero-order valence-electron chi connectivity index (χ0n) is 6.70. The molecule has 0 aliphatic heterocycles. The van der Waals surface area contributed by atoms with Crippen LogP contribution in [-0.2, 0) is 29.8 Å². The maximum atomic E-state index is 10.7. The summed E-state index contributed by atoms with van der Waals surface area (Å²) < 4.78 is 69.2. The van der Waals surface area contributed by atoms with Crippen molar-refractivity contribution in [3.05, 3.63) is 0 Å². The fourth-order valence-electron chi connectivity index (χ4n) is 0.759. The van der Waals surface area contributed by atoms with Gasteiger partial charge in [0.2, 0.25) is 0 Å². The van der Waals surface area contributed by atoms with E-state index in [2.05, 4.69) is 0 Å². The van der Waals surface area contributed by atoms with Gasteiger partial charge in [-0.25, -0.2) is 16.8 Å². The van der Waals surface area contributed by atoms with E-state index in [-0.39, 0.29) is 0 Å². The Morgan fingerprint density at radius 2 is 1.08 bits per heavy atom. The lowest BCUT2D eigenvalue weighted by Gasteiger charge is -2.08. The fourth-order valence-corrected chi connectivity index (χ4v) is 6.83. The van der Waals surface area contributed by atoms with Crippen LogP contribution in [0.2, 0.25) is 0 Å². The van der Waals surface area contributed by atoms with E-state index in [9.17, 15) is 25.3 Å². The summed E-state index contributed by atoms with van der Waals surface area (Å²) in [6.07, 6.45) is 0.818. The van der Waals surface area contributed by atoms with Crippen LogP contribution in [-0.4, -0.2) is 46.2 Å². The predicted octanol–water partition coefficient (Wildman–Crippen LogP) is -1.75. The molecule has 13 heavy (non-hydrogen) atoms. The highest BCUT2D eigenvalue weighted by molar-refractivity contribution is 8.22. The third kappa shape index (κ3) is 3.58. The Bertz CT molecular complexity index is 401. The maximum absolute atomic E-state index is 10.7. The molecule has 0 saturated carbocycles. The predicted molar refractivity (Wildman–Crippen MR) is 45.0 cm³/mol. The number of hydrogen-bond acceptors (Lipinski definition) is 6. The summed E-state index contributed by atoms with van der Waals surface area (Å²) in [5.74, 6) is 0. The van der Waals surface area contributed by atoms with E-state index < -0.39 is 33.7 Å². The van der Waals surface area contributed by atoms with Gasteiger partial charge in [0, 0.05) is 12.5 Å². The molecule has 0 rings (SSSR count). The summed E-state index contributed by atoms with van der Waals surface area (Å²) >= 11 is 0. The van der Waals surface area contributed by atoms with Crippen molar-refractivity contribution >= 4 is 29.8 Å². The lowest BCUT2D eigenvalue weighted by atomic mass is 11.8. The first-order chi connectivity index (χ1) is 5.37. The molecule has 0 aromatic heterocycles. The largest absolute Gasteiger partial charge is 0.297 e. The molecule has 0 spiro atoms. The molecule has 0 aromatic carbocycles. The van der Waals surface area contributed by atoms with Crippen molar-refractivity contribution in [1.82, 2.24) is 0 Å². The van der Waals surface area contributed by atoms with Crippen LogP contribution in [0.15, 0.2) is 0 Å². The average molecular weight is 252 g/mol. The molecule has 0 fully saturated rings. The van der Waals surface area contributed by atoms with Gasteiger partial charge in [-0.15, -0.1) is 0 Å². The molecule has 7 nitrogen and oxygen atoms in total. The molecule has 0 radical (unpaired) electrons. The molecule has 10 heteroatoms. The second-order valence-corrected chi connectivity index (χ2v) is 9.12. The van der Waals surface area contributed by atoms with Gasteiger partial charge in [0.25, 0.3) is 14.0 Å². The van der Waals surface area contributed by atoms with Crippen LogP contribution >= 0.6 is 0 Å². The minimum atomic E-state index is -5.16. The van der Waals surface area contributed by atoms with Crippen LogP contribution in [0.25, 0.3) is 0 Å². The van der Waals surface area contributed by atoms with E-state index in [4.69, 9.17) is 4.55 Å². The molecular formula is C3H8O7S3. The lowest BCUT2D eigenvalue weighted by Crippen LogP contribution is -2.36. The molecule has 0 unspecified atom stereocenters. The highest BCUT2D eigenvalue weighted by atomic mass is 32.3. The summed E-state index contributed by atoms with van der Waals surface area (Å²) in [7, 11) is -14.0. The van der Waals surface area contributed by atoms with Crippen LogP contribution in [0.1, 0.15) is 0 Å². The molecule has 0 bridgehead atoms. The lowest BCUT2D eigenvalue weighted by molar-refractivity contribution is 0.483. The Hall–Kier alpha value is -0.190. The van der Waals surface area contributed by atoms with Crippen molar-refractivity contribution < 1.29 is 29.8 Å². The third-order valence-electron chi connectivity index (χ3n) is 0.942. The monoisotopic (exact) mass is 252 g/mol. The topological polar surface area (TPSA) is 123 Å². The average Bonchev–Trinajstić information content (AvgIpc) is 1.44. The zero-order valence-corrected chi connectivity index (χ0v) is 9.15. The SMILES string of the molecule is CS(=O)(=O)C(S(C)(=O)=O)S(=O)(=O)O. The van der Waals surface area contributed by atoms with Gasteiger partial charge in [0.05, 0.1) is 0 Å². The molecule has 1 N–H and O–H groups in total. The van der Waals surface area contributed by atoms with E-state index in [1.807, 2.05) is 0 Å². The van der Waals surface area contributed by atoms with Crippen molar-refractivity contribution in [3.63, 3.8) is 0 Å². The van der Waals surface area contributed by atoms with Crippen LogP contribution < -0.4 is 0 Å². The maximum Gasteiger partial charge on any atom is 0.297 e.